The van der Waals surface area contributed by atoms with Crippen LogP contribution in [0.15, 0.2) is 10.8 Å². The second kappa shape index (κ2) is 7.29. The topological polar surface area (TPSA) is 145 Å². The summed E-state index contributed by atoms with van der Waals surface area (Å²) in [5.74, 6) is -2.02. The molecule has 0 saturated carbocycles. The first-order valence-electron chi connectivity index (χ1n) is 9.58. The molecule has 4 aliphatic heterocycles. The number of β-lactam (4-membered cyclic amide) rings is 1. The van der Waals surface area contributed by atoms with E-state index in [0.717, 1.165) is 0 Å². The first-order chi connectivity index (χ1) is 13.7. The Bertz CT molecular complexity index is 813. The smallest absolute Gasteiger partial charge is 0.449 e. The molecule has 11 heteroatoms. The summed E-state index contributed by atoms with van der Waals surface area (Å²) in [6, 6.07) is -0.466. The lowest BCUT2D eigenvalue weighted by atomic mass is 9.79. The first-order valence-corrected chi connectivity index (χ1v) is 10.5. The minimum atomic E-state index is -1.50. The quantitative estimate of drug-likeness (QED) is 0.268. The Morgan fingerprint density at radius 2 is 2.07 bits per heavy atom. The van der Waals surface area contributed by atoms with E-state index in [1.54, 1.807) is 6.92 Å². The van der Waals surface area contributed by atoms with Gasteiger partial charge in [0.25, 0.3) is 0 Å². The van der Waals surface area contributed by atoms with Crippen LogP contribution < -0.4 is 10.6 Å². The van der Waals surface area contributed by atoms with Crippen LogP contribution in [-0.4, -0.2) is 69.0 Å². The Morgan fingerprint density at radius 1 is 1.34 bits per heavy atom. The number of imide groups is 1. The van der Waals surface area contributed by atoms with E-state index in [2.05, 4.69) is 10.6 Å². The van der Waals surface area contributed by atoms with Gasteiger partial charge < -0.3 is 20.3 Å². The molecular formula is C18H23N3O7S. The van der Waals surface area contributed by atoms with Crippen molar-refractivity contribution in [3.05, 3.63) is 10.8 Å². The van der Waals surface area contributed by atoms with Gasteiger partial charge in [-0.1, -0.05) is 6.92 Å². The zero-order valence-corrected chi connectivity index (χ0v) is 16.8. The Kier molecular flexibility index (Phi) is 5.07. The van der Waals surface area contributed by atoms with Crippen molar-refractivity contribution >= 4 is 35.6 Å². The van der Waals surface area contributed by atoms with Gasteiger partial charge in [-0.25, -0.2) is 4.79 Å². The van der Waals surface area contributed by atoms with Crippen molar-refractivity contribution in [3.8, 4) is 0 Å². The number of nitrogens with zero attached hydrogens (tertiary/aromatic N) is 1. The van der Waals surface area contributed by atoms with Crippen LogP contribution in [0.5, 0.6) is 0 Å². The van der Waals surface area contributed by atoms with E-state index in [1.807, 2.05) is 6.92 Å². The average Bonchev–Trinajstić information content (AvgIpc) is 3.25. The normalized spacial score (nSPS) is 37.5. The van der Waals surface area contributed by atoms with Crippen LogP contribution in [0.25, 0.3) is 0 Å². The molecule has 0 aromatic carbocycles. The highest BCUT2D eigenvalue weighted by molar-refractivity contribution is 8.03. The molecule has 10 nitrogen and oxygen atoms in total. The number of hydrogen-bond donors (Lipinski definition) is 4. The molecule has 158 valence electrons. The lowest BCUT2D eigenvalue weighted by Crippen LogP contribution is -2.63. The number of ether oxygens (including phenoxy) is 1. The standard InChI is InChI=1S/C18H23N3O7S/c1-6-13-12(7(2)22)16(25)21(13)17(28-18(26)27)14(6)29-8-3-10(19-5-8)9-4-11(23)20-15(9)24/h6-10,12-13,19,22H,3-5H2,1-2H3,(H,26,27)(H,20,23,24)/t6-,7-,8+,9?,10+,12-,13-/m1/s1. The maximum atomic E-state index is 12.5. The third-order valence-corrected chi connectivity index (χ3v) is 7.65. The number of fused-ring (bicyclic) bond motifs is 1. The number of carboxylic acid groups (broad SMARTS) is 1. The van der Waals surface area contributed by atoms with Crippen molar-refractivity contribution in [1.29, 1.82) is 0 Å². The summed E-state index contributed by atoms with van der Waals surface area (Å²) in [4.78, 5) is 49.0. The van der Waals surface area contributed by atoms with Gasteiger partial charge in [0.05, 0.1) is 28.9 Å². The van der Waals surface area contributed by atoms with Gasteiger partial charge in [0.1, 0.15) is 0 Å². The van der Waals surface area contributed by atoms with E-state index in [-0.39, 0.29) is 53.3 Å². The van der Waals surface area contributed by atoms with Gasteiger partial charge in [0.15, 0.2) is 0 Å². The van der Waals surface area contributed by atoms with Crippen LogP contribution in [0.1, 0.15) is 26.7 Å². The van der Waals surface area contributed by atoms with E-state index >= 15 is 0 Å². The van der Waals surface area contributed by atoms with Crippen molar-refractivity contribution in [2.75, 3.05) is 6.54 Å². The SMILES string of the molecule is C[C@@H](O)[C@H]1C(=O)N2C(OC(=O)O)=C(S[C@@H]3CN[C@H](C4CC(=O)NC4=O)C3)[C@H](C)[C@H]12. The van der Waals surface area contributed by atoms with Crippen molar-refractivity contribution in [2.45, 2.75) is 50.1 Å². The van der Waals surface area contributed by atoms with Gasteiger partial charge in [-0.15, -0.1) is 11.8 Å². The van der Waals surface area contributed by atoms with Gasteiger partial charge in [0, 0.05) is 30.2 Å². The van der Waals surface area contributed by atoms with Gasteiger partial charge in [-0.3, -0.25) is 24.6 Å². The first kappa shape index (κ1) is 20.2. The fourth-order valence-electron chi connectivity index (χ4n) is 4.81. The predicted molar refractivity (Wildman–Crippen MR) is 100 cm³/mol. The van der Waals surface area contributed by atoms with Crippen LogP contribution >= 0.6 is 11.8 Å². The van der Waals surface area contributed by atoms with E-state index in [0.29, 0.717) is 17.9 Å². The van der Waals surface area contributed by atoms with Crippen LogP contribution in [0.2, 0.25) is 0 Å². The van der Waals surface area contributed by atoms with Crippen LogP contribution in [0.4, 0.5) is 4.79 Å². The summed E-state index contributed by atoms with van der Waals surface area (Å²) in [6.07, 6.45) is -1.54. The van der Waals surface area contributed by atoms with Gasteiger partial charge >= 0.3 is 6.16 Å². The van der Waals surface area contributed by atoms with Gasteiger partial charge in [-0.2, -0.15) is 0 Å². The minimum Gasteiger partial charge on any atom is -0.449 e. The van der Waals surface area contributed by atoms with Gasteiger partial charge in [0.2, 0.25) is 23.6 Å². The van der Waals surface area contributed by atoms with E-state index in [1.165, 1.54) is 16.7 Å². The maximum Gasteiger partial charge on any atom is 0.512 e. The second-order valence-corrected chi connectivity index (χ2v) is 9.35. The Morgan fingerprint density at radius 3 is 2.66 bits per heavy atom. The Labute approximate surface area is 171 Å². The fraction of sp³-hybridized carbons (Fsp3) is 0.667. The summed E-state index contributed by atoms with van der Waals surface area (Å²) < 4.78 is 4.96. The molecule has 3 fully saturated rings. The van der Waals surface area contributed by atoms with Gasteiger partial charge in [-0.05, 0) is 13.3 Å². The number of amides is 3. The van der Waals surface area contributed by atoms with Crippen molar-refractivity contribution in [2.24, 2.45) is 17.8 Å². The average molecular weight is 425 g/mol. The van der Waals surface area contributed by atoms with Crippen LogP contribution in [0, 0.1) is 17.8 Å². The van der Waals surface area contributed by atoms with E-state index in [4.69, 9.17) is 9.84 Å². The number of carbonyl (C=O) groups excluding carboxylic acids is 3. The molecule has 4 rings (SSSR count). The summed E-state index contributed by atoms with van der Waals surface area (Å²) in [6.45, 7) is 4.03. The number of aliphatic hydroxyl groups excluding tert-OH is 1. The van der Waals surface area contributed by atoms with E-state index in [9.17, 15) is 24.3 Å². The van der Waals surface area contributed by atoms with Crippen molar-refractivity contribution in [3.63, 3.8) is 0 Å². The lowest BCUT2D eigenvalue weighted by molar-refractivity contribution is -0.163. The highest BCUT2D eigenvalue weighted by Gasteiger charge is 2.60. The number of hydrogen-bond acceptors (Lipinski definition) is 8. The zero-order valence-electron chi connectivity index (χ0n) is 16.0. The molecule has 0 radical (unpaired) electrons. The van der Waals surface area contributed by atoms with Crippen molar-refractivity contribution < 1.29 is 34.1 Å². The Hall–Kier alpha value is -2.11. The molecular weight excluding hydrogens is 402 g/mol. The lowest BCUT2D eigenvalue weighted by Gasteiger charge is -2.45. The van der Waals surface area contributed by atoms with Crippen LogP contribution in [0.3, 0.4) is 0 Å². The molecule has 3 amide bonds. The fourth-order valence-corrected chi connectivity index (χ4v) is 6.25. The van der Waals surface area contributed by atoms with Crippen LogP contribution in [-0.2, 0) is 19.1 Å². The molecule has 4 aliphatic rings. The molecule has 4 heterocycles. The molecule has 29 heavy (non-hydrogen) atoms. The molecule has 0 spiro atoms. The summed E-state index contributed by atoms with van der Waals surface area (Å²) in [5.41, 5.74) is 0. The summed E-state index contributed by atoms with van der Waals surface area (Å²) in [7, 11) is 0. The number of rotatable bonds is 5. The number of aliphatic hydroxyl groups is 1. The molecule has 0 aromatic heterocycles. The predicted octanol–water partition coefficient (Wildman–Crippen LogP) is -0.166. The second-order valence-electron chi connectivity index (χ2n) is 8.00. The largest absolute Gasteiger partial charge is 0.512 e. The summed E-state index contributed by atoms with van der Waals surface area (Å²) >= 11 is 1.44. The number of nitrogens with one attached hydrogen (secondary N) is 2. The monoisotopic (exact) mass is 425 g/mol. The highest BCUT2D eigenvalue weighted by Crippen LogP contribution is 2.52. The molecule has 7 atom stereocenters. The maximum absolute atomic E-state index is 12.5. The Balaban J connectivity index is 1.50. The third-order valence-electron chi connectivity index (χ3n) is 6.16. The minimum absolute atomic E-state index is 0.0270. The van der Waals surface area contributed by atoms with Crippen molar-refractivity contribution in [1.82, 2.24) is 15.5 Å². The summed E-state index contributed by atoms with van der Waals surface area (Å²) in [5, 5.41) is 24.7. The molecule has 3 saturated heterocycles. The zero-order chi connectivity index (χ0) is 21.0. The molecule has 0 bridgehead atoms. The molecule has 4 N–H and O–H groups in total. The number of thioether (sulfide) groups is 1. The third kappa shape index (κ3) is 3.30. The highest BCUT2D eigenvalue weighted by atomic mass is 32.2. The molecule has 0 aromatic rings. The molecule has 1 unspecified atom stereocenters. The number of carbonyl (C=O) groups is 4. The molecule has 0 aliphatic carbocycles. The van der Waals surface area contributed by atoms with E-state index < -0.39 is 24.1 Å².